The van der Waals surface area contributed by atoms with Crippen molar-refractivity contribution in [1.82, 2.24) is 4.90 Å². The van der Waals surface area contributed by atoms with E-state index in [9.17, 15) is 9.90 Å². The van der Waals surface area contributed by atoms with Crippen molar-refractivity contribution in [2.45, 2.75) is 65.2 Å². The molecule has 124 valence electrons. The number of likely N-dealkylation sites (tertiary alicyclic amines) is 1. The summed E-state index contributed by atoms with van der Waals surface area (Å²) in [7, 11) is 0. The van der Waals surface area contributed by atoms with Gasteiger partial charge in [0.05, 0.1) is 12.1 Å². The normalized spacial score (nSPS) is 19.2. The van der Waals surface area contributed by atoms with E-state index in [-0.39, 0.29) is 12.1 Å². The summed E-state index contributed by atoms with van der Waals surface area (Å²) in [4.78, 5) is 13.9. The second-order valence-electron chi connectivity index (χ2n) is 6.24. The van der Waals surface area contributed by atoms with Crippen molar-refractivity contribution in [2.75, 3.05) is 6.54 Å². The molecule has 1 aromatic carbocycles. The van der Waals surface area contributed by atoms with Gasteiger partial charge in [-0.2, -0.15) is 0 Å². The van der Waals surface area contributed by atoms with E-state index >= 15 is 0 Å². The number of benzene rings is 1. The van der Waals surface area contributed by atoms with Gasteiger partial charge in [-0.1, -0.05) is 44.2 Å². The molecule has 1 fully saturated rings. The molecule has 1 heterocycles. The van der Waals surface area contributed by atoms with Crippen LogP contribution in [-0.2, 0) is 4.74 Å². The molecule has 1 saturated heterocycles. The summed E-state index contributed by atoms with van der Waals surface area (Å²) in [6.07, 6.45) is 0.699. The zero-order valence-electron chi connectivity index (χ0n) is 14.4. The van der Waals surface area contributed by atoms with E-state index in [0.717, 1.165) is 18.4 Å². The van der Waals surface area contributed by atoms with Crippen molar-refractivity contribution in [3.8, 4) is 0 Å². The fourth-order valence-electron chi connectivity index (χ4n) is 2.54. The van der Waals surface area contributed by atoms with Crippen molar-refractivity contribution in [3.63, 3.8) is 0 Å². The first-order valence-electron chi connectivity index (χ1n) is 8.11. The molecule has 22 heavy (non-hydrogen) atoms. The Morgan fingerprint density at radius 3 is 2.41 bits per heavy atom. The molecule has 4 heteroatoms. The summed E-state index contributed by atoms with van der Waals surface area (Å²) in [5, 5.41) is 10.5. The molecule has 2 atom stereocenters. The Morgan fingerprint density at radius 1 is 1.27 bits per heavy atom. The quantitative estimate of drug-likeness (QED) is 0.893. The van der Waals surface area contributed by atoms with Crippen LogP contribution in [0.25, 0.3) is 0 Å². The van der Waals surface area contributed by atoms with Crippen molar-refractivity contribution in [3.05, 3.63) is 35.9 Å². The first-order chi connectivity index (χ1) is 10.4. The van der Waals surface area contributed by atoms with Gasteiger partial charge in [-0.05, 0) is 39.2 Å². The number of ether oxygens (including phenoxy) is 1. The lowest BCUT2D eigenvalue weighted by Gasteiger charge is -2.31. The summed E-state index contributed by atoms with van der Waals surface area (Å²) >= 11 is 0. The Kier molecular flexibility index (Phi) is 6.88. The predicted octanol–water partition coefficient (Wildman–Crippen LogP) is 4.15. The number of aliphatic hydroxyl groups excluding tert-OH is 1. The van der Waals surface area contributed by atoms with Gasteiger partial charge in [0.1, 0.15) is 5.60 Å². The minimum absolute atomic E-state index is 0.202. The largest absolute Gasteiger partial charge is 0.444 e. The number of rotatable bonds is 2. The van der Waals surface area contributed by atoms with E-state index in [1.54, 1.807) is 4.90 Å². The average molecular weight is 307 g/mol. The molecule has 4 nitrogen and oxygen atoms in total. The van der Waals surface area contributed by atoms with Crippen LogP contribution in [0.1, 0.15) is 59.1 Å². The Balaban J connectivity index is 0.00000116. The number of aliphatic hydroxyl groups is 1. The van der Waals surface area contributed by atoms with E-state index in [2.05, 4.69) is 0 Å². The van der Waals surface area contributed by atoms with Crippen LogP contribution in [0.4, 0.5) is 4.79 Å². The lowest BCUT2D eigenvalue weighted by Crippen LogP contribution is -2.42. The summed E-state index contributed by atoms with van der Waals surface area (Å²) in [6.45, 7) is 10.2. The molecule has 1 N–H and O–H groups in total. The highest BCUT2D eigenvalue weighted by molar-refractivity contribution is 5.69. The number of hydrogen-bond donors (Lipinski definition) is 1. The topological polar surface area (TPSA) is 49.8 Å². The van der Waals surface area contributed by atoms with Crippen LogP contribution in [-0.4, -0.2) is 34.3 Å². The molecule has 0 radical (unpaired) electrons. The maximum absolute atomic E-state index is 12.2. The van der Waals surface area contributed by atoms with Crippen LogP contribution < -0.4 is 0 Å². The molecule has 1 amide bonds. The second kappa shape index (κ2) is 8.18. The van der Waals surface area contributed by atoms with Crippen LogP contribution in [0.3, 0.4) is 0 Å². The van der Waals surface area contributed by atoms with Gasteiger partial charge in [-0.3, -0.25) is 0 Å². The minimum Gasteiger partial charge on any atom is -0.444 e. The van der Waals surface area contributed by atoms with Crippen LogP contribution in [0.5, 0.6) is 0 Å². The van der Waals surface area contributed by atoms with Crippen LogP contribution in [0.2, 0.25) is 0 Å². The second-order valence-corrected chi connectivity index (χ2v) is 6.24. The maximum Gasteiger partial charge on any atom is 0.410 e. The fourth-order valence-corrected chi connectivity index (χ4v) is 2.54. The van der Waals surface area contributed by atoms with Gasteiger partial charge in [-0.15, -0.1) is 0 Å². The Labute approximate surface area is 134 Å². The molecule has 0 bridgehead atoms. The van der Waals surface area contributed by atoms with Gasteiger partial charge in [0.2, 0.25) is 0 Å². The molecule has 0 aliphatic carbocycles. The highest BCUT2D eigenvalue weighted by Crippen LogP contribution is 2.30. The summed E-state index contributed by atoms with van der Waals surface area (Å²) in [5.74, 6) is 0. The number of amides is 1. The summed E-state index contributed by atoms with van der Waals surface area (Å²) in [6, 6.07) is 9.27. The van der Waals surface area contributed by atoms with Gasteiger partial charge in [0.25, 0.3) is 0 Å². The number of carbonyl (C=O) groups is 1. The third-order valence-electron chi connectivity index (χ3n) is 3.43. The fraction of sp³-hybridized carbons (Fsp3) is 0.611. The zero-order valence-corrected chi connectivity index (χ0v) is 14.4. The Morgan fingerprint density at radius 2 is 1.86 bits per heavy atom. The van der Waals surface area contributed by atoms with E-state index in [4.69, 9.17) is 4.74 Å². The van der Waals surface area contributed by atoms with Gasteiger partial charge >= 0.3 is 6.09 Å². The highest BCUT2D eigenvalue weighted by Gasteiger charge is 2.36. The molecule has 2 rings (SSSR count). The number of hydrogen-bond acceptors (Lipinski definition) is 3. The van der Waals surface area contributed by atoms with Crippen molar-refractivity contribution in [1.29, 1.82) is 0 Å². The standard InChI is InChI=1S/C16H23NO3.C2H6/c1-16(2,3)20-15(19)17-11-7-10-13(17)14(18)12-8-5-4-6-9-12;1-2/h4-6,8-9,13-14,18H,7,10-11H2,1-3H3;1-2H3. The molecule has 1 aromatic rings. The third kappa shape index (κ3) is 5.02. The first kappa shape index (κ1) is 18.5. The van der Waals surface area contributed by atoms with Crippen molar-refractivity contribution >= 4 is 6.09 Å². The van der Waals surface area contributed by atoms with E-state index < -0.39 is 11.7 Å². The molecule has 0 spiro atoms. The smallest absolute Gasteiger partial charge is 0.410 e. The molecule has 1 aliphatic rings. The monoisotopic (exact) mass is 307 g/mol. The van der Waals surface area contributed by atoms with E-state index in [1.807, 2.05) is 65.0 Å². The summed E-state index contributed by atoms with van der Waals surface area (Å²) < 4.78 is 5.41. The first-order valence-corrected chi connectivity index (χ1v) is 8.11. The molecule has 2 unspecified atom stereocenters. The minimum atomic E-state index is -0.661. The third-order valence-corrected chi connectivity index (χ3v) is 3.43. The Hall–Kier alpha value is -1.55. The molecule has 0 aromatic heterocycles. The summed E-state index contributed by atoms with van der Waals surface area (Å²) in [5.41, 5.74) is 0.329. The van der Waals surface area contributed by atoms with Gasteiger partial charge in [0.15, 0.2) is 0 Å². The van der Waals surface area contributed by atoms with Gasteiger partial charge < -0.3 is 14.7 Å². The van der Waals surface area contributed by atoms with Gasteiger partial charge in [0, 0.05) is 6.54 Å². The number of nitrogens with zero attached hydrogens (tertiary/aromatic N) is 1. The highest BCUT2D eigenvalue weighted by atomic mass is 16.6. The van der Waals surface area contributed by atoms with Crippen LogP contribution in [0, 0.1) is 0 Å². The molecular weight excluding hydrogens is 278 g/mol. The molecule has 1 aliphatic heterocycles. The molecule has 0 saturated carbocycles. The van der Waals surface area contributed by atoms with Crippen LogP contribution >= 0.6 is 0 Å². The Bertz CT molecular complexity index is 453. The van der Waals surface area contributed by atoms with E-state index in [1.165, 1.54) is 0 Å². The predicted molar refractivity (Wildman–Crippen MR) is 88.7 cm³/mol. The number of carbonyl (C=O) groups excluding carboxylic acids is 1. The zero-order chi connectivity index (χ0) is 16.8. The van der Waals surface area contributed by atoms with Crippen molar-refractivity contribution < 1.29 is 14.6 Å². The van der Waals surface area contributed by atoms with Crippen molar-refractivity contribution in [2.24, 2.45) is 0 Å². The SMILES string of the molecule is CC.CC(C)(C)OC(=O)N1CCCC1C(O)c1ccccc1. The molecular formula is C18H29NO3. The average Bonchev–Trinajstić information content (AvgIpc) is 2.97. The van der Waals surface area contributed by atoms with Gasteiger partial charge in [-0.25, -0.2) is 4.79 Å². The van der Waals surface area contributed by atoms with Crippen LogP contribution in [0.15, 0.2) is 30.3 Å². The lowest BCUT2D eigenvalue weighted by molar-refractivity contribution is 0.00490. The maximum atomic E-state index is 12.2. The lowest BCUT2D eigenvalue weighted by atomic mass is 10.0. The van der Waals surface area contributed by atoms with E-state index in [0.29, 0.717) is 6.54 Å².